The highest BCUT2D eigenvalue weighted by Crippen LogP contribution is 2.09. The maximum absolute atomic E-state index is 11.8. The smallest absolute Gasteiger partial charge is 0.211 e. The highest BCUT2D eigenvalue weighted by Gasteiger charge is 2.01. The van der Waals surface area contributed by atoms with Crippen LogP contribution in [0.15, 0.2) is 24.3 Å². The lowest BCUT2D eigenvalue weighted by Crippen LogP contribution is -1.93. The molecular formula is C12H18F2. The predicted molar refractivity (Wildman–Crippen MR) is 56.9 cm³/mol. The fourth-order valence-corrected chi connectivity index (χ4v) is 1.03. The maximum atomic E-state index is 11.8. The molecule has 0 saturated heterocycles. The van der Waals surface area contributed by atoms with Crippen molar-refractivity contribution in [1.29, 1.82) is 0 Å². The molecule has 80 valence electrons. The molecule has 0 nitrogen and oxygen atoms in total. The Bertz CT molecular complexity index is 227. The minimum absolute atomic E-state index is 0.0386. The number of hydrogen-bond acceptors (Lipinski definition) is 0. The minimum Gasteiger partial charge on any atom is -0.211 e. The molecule has 0 saturated carbocycles. The van der Waals surface area contributed by atoms with Crippen LogP contribution in [0.1, 0.15) is 31.4 Å². The van der Waals surface area contributed by atoms with Crippen molar-refractivity contribution in [2.45, 2.75) is 40.0 Å². The van der Waals surface area contributed by atoms with Crippen molar-refractivity contribution in [3.05, 3.63) is 35.4 Å². The van der Waals surface area contributed by atoms with Crippen LogP contribution >= 0.6 is 0 Å². The van der Waals surface area contributed by atoms with E-state index < -0.39 is 6.43 Å². The third kappa shape index (κ3) is 5.68. The maximum Gasteiger partial charge on any atom is 0.239 e. The van der Waals surface area contributed by atoms with Crippen LogP contribution in [0.2, 0.25) is 0 Å². The molecule has 0 aromatic heterocycles. The molecule has 14 heavy (non-hydrogen) atoms. The molecule has 0 aliphatic carbocycles. The molecule has 2 heteroatoms. The van der Waals surface area contributed by atoms with Gasteiger partial charge in [-0.25, -0.2) is 8.78 Å². The molecule has 0 aliphatic rings. The summed E-state index contributed by atoms with van der Waals surface area (Å²) in [5.41, 5.74) is 2.15. The van der Waals surface area contributed by atoms with E-state index in [0.29, 0.717) is 6.42 Å². The van der Waals surface area contributed by atoms with E-state index >= 15 is 0 Å². The molecule has 1 aromatic rings. The number of aryl methyl sites for hydroxylation is 2. The zero-order chi connectivity index (χ0) is 11.0. The quantitative estimate of drug-likeness (QED) is 0.685. The molecule has 0 radical (unpaired) electrons. The van der Waals surface area contributed by atoms with Crippen LogP contribution in [0.3, 0.4) is 0 Å². The van der Waals surface area contributed by atoms with E-state index in [1.165, 1.54) is 0 Å². The number of benzene rings is 1. The summed E-state index contributed by atoms with van der Waals surface area (Å²) in [6.07, 6.45) is -1.76. The highest BCUT2D eigenvalue weighted by molar-refractivity contribution is 5.21. The summed E-state index contributed by atoms with van der Waals surface area (Å²) < 4.78 is 23.6. The number of rotatable bonds is 3. The average Bonchev–Trinajstić information content (AvgIpc) is 2.20. The van der Waals surface area contributed by atoms with E-state index in [-0.39, 0.29) is 6.42 Å². The molecule has 0 aliphatic heterocycles. The molecule has 0 bridgehead atoms. The van der Waals surface area contributed by atoms with Crippen LogP contribution < -0.4 is 0 Å². The lowest BCUT2D eigenvalue weighted by Gasteiger charge is -2.00. The van der Waals surface area contributed by atoms with Gasteiger partial charge < -0.3 is 0 Å². The Labute approximate surface area is 85.0 Å². The van der Waals surface area contributed by atoms with Crippen LogP contribution in [0.25, 0.3) is 0 Å². The van der Waals surface area contributed by atoms with Gasteiger partial charge >= 0.3 is 0 Å². The van der Waals surface area contributed by atoms with Crippen molar-refractivity contribution >= 4 is 0 Å². The van der Waals surface area contributed by atoms with Gasteiger partial charge in [0, 0.05) is 6.42 Å². The summed E-state index contributed by atoms with van der Waals surface area (Å²) in [4.78, 5) is 0. The van der Waals surface area contributed by atoms with E-state index in [1.807, 2.05) is 45.0 Å². The van der Waals surface area contributed by atoms with Crippen molar-refractivity contribution in [2.24, 2.45) is 0 Å². The van der Waals surface area contributed by atoms with Gasteiger partial charge in [0.15, 0.2) is 0 Å². The van der Waals surface area contributed by atoms with E-state index in [1.54, 1.807) is 0 Å². The Balaban J connectivity index is 0.000000791. The van der Waals surface area contributed by atoms with E-state index in [4.69, 9.17) is 0 Å². The van der Waals surface area contributed by atoms with Crippen molar-refractivity contribution in [3.63, 3.8) is 0 Å². The highest BCUT2D eigenvalue weighted by atomic mass is 19.3. The van der Waals surface area contributed by atoms with Gasteiger partial charge in [-0.2, -0.15) is 0 Å². The van der Waals surface area contributed by atoms with Crippen LogP contribution in [0.4, 0.5) is 8.78 Å². The third-order valence-corrected chi connectivity index (χ3v) is 1.77. The average molecular weight is 200 g/mol. The Hall–Kier alpha value is -0.920. The topological polar surface area (TPSA) is 0 Å². The summed E-state index contributed by atoms with van der Waals surface area (Å²) in [6.45, 7) is 5.98. The van der Waals surface area contributed by atoms with Crippen molar-refractivity contribution in [3.8, 4) is 0 Å². The van der Waals surface area contributed by atoms with Crippen LogP contribution in [-0.2, 0) is 6.42 Å². The summed E-state index contributed by atoms with van der Waals surface area (Å²) in [5, 5.41) is 0. The molecule has 0 atom stereocenters. The molecule has 1 rings (SSSR count). The van der Waals surface area contributed by atoms with E-state index in [9.17, 15) is 8.78 Å². The number of hydrogen-bond donors (Lipinski definition) is 0. The van der Waals surface area contributed by atoms with Crippen molar-refractivity contribution in [1.82, 2.24) is 0 Å². The van der Waals surface area contributed by atoms with Crippen LogP contribution in [-0.4, -0.2) is 6.43 Å². The Kier molecular flexibility index (Phi) is 6.99. The van der Waals surface area contributed by atoms with Gasteiger partial charge in [-0.3, -0.25) is 0 Å². The number of alkyl halides is 2. The normalized spacial score (nSPS) is 9.57. The fraction of sp³-hybridized carbons (Fsp3) is 0.500. The first-order valence-corrected chi connectivity index (χ1v) is 5.02. The van der Waals surface area contributed by atoms with Crippen LogP contribution in [0.5, 0.6) is 0 Å². The Morgan fingerprint density at radius 3 is 2.00 bits per heavy atom. The molecule has 0 amide bonds. The molecule has 0 spiro atoms. The summed E-state index contributed by atoms with van der Waals surface area (Å²) in [7, 11) is 0. The largest absolute Gasteiger partial charge is 0.239 e. The Morgan fingerprint density at radius 2 is 1.57 bits per heavy atom. The summed E-state index contributed by atoms with van der Waals surface area (Å²) in [6, 6.07) is 7.69. The van der Waals surface area contributed by atoms with Gasteiger partial charge in [-0.05, 0) is 18.9 Å². The minimum atomic E-state index is -2.19. The lowest BCUT2D eigenvalue weighted by molar-refractivity contribution is 0.138. The third-order valence-electron chi connectivity index (χ3n) is 1.77. The summed E-state index contributed by atoms with van der Waals surface area (Å²) in [5.74, 6) is 0. The monoisotopic (exact) mass is 200 g/mol. The van der Waals surface area contributed by atoms with Gasteiger partial charge in [0.05, 0.1) is 0 Å². The first-order chi connectivity index (χ1) is 6.68. The zero-order valence-corrected chi connectivity index (χ0v) is 9.06. The molecule has 1 aromatic carbocycles. The first kappa shape index (κ1) is 13.1. The van der Waals surface area contributed by atoms with Crippen molar-refractivity contribution in [2.75, 3.05) is 0 Å². The molecule has 0 unspecified atom stereocenters. The van der Waals surface area contributed by atoms with Crippen LogP contribution in [0, 0.1) is 6.92 Å². The van der Waals surface area contributed by atoms with Crippen molar-refractivity contribution < 1.29 is 8.78 Å². The van der Waals surface area contributed by atoms with Gasteiger partial charge in [0.1, 0.15) is 0 Å². The SMILES string of the molecule is CC.Cc1ccc(CCC(F)F)cc1. The summed E-state index contributed by atoms with van der Waals surface area (Å²) >= 11 is 0. The molecule has 0 fully saturated rings. The second kappa shape index (κ2) is 7.48. The fourth-order valence-electron chi connectivity index (χ4n) is 1.03. The molecule has 0 heterocycles. The van der Waals surface area contributed by atoms with E-state index in [0.717, 1.165) is 11.1 Å². The van der Waals surface area contributed by atoms with Gasteiger partial charge in [-0.1, -0.05) is 43.7 Å². The Morgan fingerprint density at radius 1 is 1.07 bits per heavy atom. The molecular weight excluding hydrogens is 182 g/mol. The predicted octanol–water partition coefficient (Wildman–Crippen LogP) is 4.22. The number of halogens is 2. The first-order valence-electron chi connectivity index (χ1n) is 5.02. The lowest BCUT2D eigenvalue weighted by atomic mass is 10.1. The van der Waals surface area contributed by atoms with Gasteiger partial charge in [-0.15, -0.1) is 0 Å². The second-order valence-corrected chi connectivity index (χ2v) is 2.92. The second-order valence-electron chi connectivity index (χ2n) is 2.92. The molecule has 0 N–H and O–H groups in total. The van der Waals surface area contributed by atoms with E-state index in [2.05, 4.69) is 0 Å². The van der Waals surface area contributed by atoms with Gasteiger partial charge in [0.2, 0.25) is 6.43 Å². The standard InChI is InChI=1S/C10H12F2.C2H6/c1-8-2-4-9(5-3-8)6-7-10(11)12;1-2/h2-5,10H,6-7H2,1H3;1-2H3. The van der Waals surface area contributed by atoms with Gasteiger partial charge in [0.25, 0.3) is 0 Å². The zero-order valence-electron chi connectivity index (χ0n) is 9.06.